The van der Waals surface area contributed by atoms with Crippen LogP contribution < -0.4 is 5.73 Å². The molecular formula is C18H31N3. The second-order valence-electron chi connectivity index (χ2n) is 7.64. The smallest absolute Gasteiger partial charge is 0.0630 e. The molecule has 3 rings (SSSR count). The van der Waals surface area contributed by atoms with E-state index in [0.717, 1.165) is 18.9 Å². The summed E-state index contributed by atoms with van der Waals surface area (Å²) < 4.78 is 2.24. The number of nitrogens with zero attached hydrogens (tertiary/aromatic N) is 2. The molecule has 0 unspecified atom stereocenters. The number of hydrogen-bond acceptors (Lipinski definition) is 2. The van der Waals surface area contributed by atoms with Crippen LogP contribution in [0.2, 0.25) is 0 Å². The molecule has 2 aliphatic rings. The fraction of sp³-hybridized carbons (Fsp3) is 0.833. The van der Waals surface area contributed by atoms with Crippen LogP contribution in [-0.4, -0.2) is 16.3 Å². The summed E-state index contributed by atoms with van der Waals surface area (Å²) in [6.45, 7) is 3.19. The molecule has 1 heterocycles. The normalized spacial score (nSPS) is 31.4. The van der Waals surface area contributed by atoms with Crippen molar-refractivity contribution in [3.63, 3.8) is 0 Å². The molecule has 2 aliphatic carbocycles. The van der Waals surface area contributed by atoms with Gasteiger partial charge in [-0.2, -0.15) is 5.10 Å². The maximum absolute atomic E-state index is 6.15. The Morgan fingerprint density at radius 1 is 1.19 bits per heavy atom. The summed E-state index contributed by atoms with van der Waals surface area (Å²) in [5.74, 6) is 0.879. The molecule has 2 fully saturated rings. The zero-order valence-electron chi connectivity index (χ0n) is 13.6. The van der Waals surface area contributed by atoms with Crippen molar-refractivity contribution in [3.05, 3.63) is 18.0 Å². The second-order valence-corrected chi connectivity index (χ2v) is 7.64. The van der Waals surface area contributed by atoms with Gasteiger partial charge in [-0.25, -0.2) is 0 Å². The summed E-state index contributed by atoms with van der Waals surface area (Å²) in [7, 11) is 0. The topological polar surface area (TPSA) is 43.8 Å². The summed E-state index contributed by atoms with van der Waals surface area (Å²) in [5, 5.41) is 4.90. The van der Waals surface area contributed by atoms with Crippen LogP contribution in [0.15, 0.2) is 12.3 Å². The van der Waals surface area contributed by atoms with Crippen LogP contribution in [0, 0.1) is 11.3 Å². The van der Waals surface area contributed by atoms with E-state index in [1.54, 1.807) is 0 Å². The molecular weight excluding hydrogens is 258 g/mol. The van der Waals surface area contributed by atoms with Crippen molar-refractivity contribution < 1.29 is 0 Å². The number of aromatic nitrogens is 2. The molecule has 1 aromatic rings. The average molecular weight is 289 g/mol. The first kappa shape index (κ1) is 15.1. The van der Waals surface area contributed by atoms with Crippen LogP contribution in [-0.2, 0) is 6.42 Å². The molecule has 118 valence electrons. The Bertz CT molecular complexity index is 437. The Labute approximate surface area is 129 Å². The lowest BCUT2D eigenvalue weighted by Gasteiger charge is -2.38. The Balaban J connectivity index is 1.65. The summed E-state index contributed by atoms with van der Waals surface area (Å²) in [5.41, 5.74) is 7.73. The number of nitrogens with two attached hydrogens (primary N) is 1. The van der Waals surface area contributed by atoms with Gasteiger partial charge >= 0.3 is 0 Å². The van der Waals surface area contributed by atoms with Gasteiger partial charge in [0.25, 0.3) is 0 Å². The third-order valence-electron chi connectivity index (χ3n) is 5.94. The Morgan fingerprint density at radius 2 is 1.90 bits per heavy atom. The number of rotatable bonds is 4. The van der Waals surface area contributed by atoms with Crippen molar-refractivity contribution in [3.8, 4) is 0 Å². The number of hydrogen-bond donors (Lipinski definition) is 1. The van der Waals surface area contributed by atoms with E-state index in [0.29, 0.717) is 11.5 Å². The van der Waals surface area contributed by atoms with Gasteiger partial charge in [-0.15, -0.1) is 0 Å². The minimum absolute atomic E-state index is 0.318. The Kier molecular flexibility index (Phi) is 4.68. The van der Waals surface area contributed by atoms with Gasteiger partial charge in [0.15, 0.2) is 0 Å². The molecule has 0 aromatic carbocycles. The van der Waals surface area contributed by atoms with Gasteiger partial charge in [0, 0.05) is 6.20 Å². The fourth-order valence-corrected chi connectivity index (χ4v) is 4.23. The molecule has 0 atom stereocenters. The second kappa shape index (κ2) is 6.51. The molecule has 3 nitrogen and oxygen atoms in total. The van der Waals surface area contributed by atoms with Crippen molar-refractivity contribution in [2.45, 2.75) is 77.2 Å². The van der Waals surface area contributed by atoms with Crippen molar-refractivity contribution in [2.24, 2.45) is 17.1 Å². The molecule has 21 heavy (non-hydrogen) atoms. The molecule has 0 aliphatic heterocycles. The highest BCUT2D eigenvalue weighted by molar-refractivity contribution is 5.05. The van der Waals surface area contributed by atoms with Crippen LogP contribution in [0.4, 0.5) is 0 Å². The lowest BCUT2D eigenvalue weighted by atomic mass is 9.68. The molecule has 0 saturated heterocycles. The predicted molar refractivity (Wildman–Crippen MR) is 87.2 cm³/mol. The lowest BCUT2D eigenvalue weighted by Crippen LogP contribution is -2.36. The van der Waals surface area contributed by atoms with Gasteiger partial charge in [-0.3, -0.25) is 4.68 Å². The maximum Gasteiger partial charge on any atom is 0.0630 e. The highest BCUT2D eigenvalue weighted by atomic mass is 15.3. The fourth-order valence-electron chi connectivity index (χ4n) is 4.23. The maximum atomic E-state index is 6.15. The van der Waals surface area contributed by atoms with Gasteiger partial charge in [-0.05, 0) is 56.0 Å². The van der Waals surface area contributed by atoms with Crippen LogP contribution in [0.25, 0.3) is 0 Å². The molecule has 2 N–H and O–H groups in total. The van der Waals surface area contributed by atoms with Gasteiger partial charge in [0.05, 0.1) is 11.7 Å². The van der Waals surface area contributed by atoms with E-state index in [1.807, 2.05) is 0 Å². The summed E-state index contributed by atoms with van der Waals surface area (Å²) in [6, 6.07) is 2.89. The highest BCUT2D eigenvalue weighted by Gasteiger charge is 2.33. The third-order valence-corrected chi connectivity index (χ3v) is 5.94. The SMILES string of the molecule is CC1CCC(CN)(Cc2ccn(C3CCCCC3)n2)CC1. The van der Waals surface area contributed by atoms with E-state index in [9.17, 15) is 0 Å². The molecule has 2 saturated carbocycles. The van der Waals surface area contributed by atoms with Gasteiger partial charge in [0.1, 0.15) is 0 Å². The van der Waals surface area contributed by atoms with E-state index in [-0.39, 0.29) is 0 Å². The minimum atomic E-state index is 0.318. The van der Waals surface area contributed by atoms with Crippen LogP contribution >= 0.6 is 0 Å². The monoisotopic (exact) mass is 289 g/mol. The highest BCUT2D eigenvalue weighted by Crippen LogP contribution is 2.40. The first-order valence-electron chi connectivity index (χ1n) is 8.95. The average Bonchev–Trinajstić information content (AvgIpc) is 2.99. The molecule has 0 radical (unpaired) electrons. The van der Waals surface area contributed by atoms with Crippen LogP contribution in [0.3, 0.4) is 0 Å². The quantitative estimate of drug-likeness (QED) is 0.907. The van der Waals surface area contributed by atoms with E-state index in [2.05, 4.69) is 23.9 Å². The van der Waals surface area contributed by atoms with E-state index < -0.39 is 0 Å². The molecule has 0 amide bonds. The van der Waals surface area contributed by atoms with E-state index in [4.69, 9.17) is 10.8 Å². The molecule has 1 aromatic heterocycles. The molecule has 0 spiro atoms. The predicted octanol–water partition coefficient (Wildman–Crippen LogP) is 4.09. The minimum Gasteiger partial charge on any atom is -0.330 e. The zero-order valence-corrected chi connectivity index (χ0v) is 13.6. The van der Waals surface area contributed by atoms with E-state index in [1.165, 1.54) is 63.5 Å². The van der Waals surface area contributed by atoms with Crippen molar-refractivity contribution in [2.75, 3.05) is 6.54 Å². The van der Waals surface area contributed by atoms with Gasteiger partial charge < -0.3 is 5.73 Å². The largest absolute Gasteiger partial charge is 0.330 e. The lowest BCUT2D eigenvalue weighted by molar-refractivity contribution is 0.161. The summed E-state index contributed by atoms with van der Waals surface area (Å²) in [4.78, 5) is 0. The molecule has 0 bridgehead atoms. The van der Waals surface area contributed by atoms with E-state index >= 15 is 0 Å². The van der Waals surface area contributed by atoms with Crippen LogP contribution in [0.5, 0.6) is 0 Å². The summed E-state index contributed by atoms with van der Waals surface area (Å²) >= 11 is 0. The Morgan fingerprint density at radius 3 is 2.57 bits per heavy atom. The van der Waals surface area contributed by atoms with Crippen molar-refractivity contribution in [1.82, 2.24) is 9.78 Å². The van der Waals surface area contributed by atoms with Crippen molar-refractivity contribution in [1.29, 1.82) is 0 Å². The standard InChI is InChI=1S/C18H31N3/c1-15-7-10-18(14-19,11-8-15)13-16-9-12-21(20-16)17-5-3-2-4-6-17/h9,12,15,17H,2-8,10-11,13-14,19H2,1H3. The summed E-state index contributed by atoms with van der Waals surface area (Å²) in [6.07, 6.45) is 15.3. The van der Waals surface area contributed by atoms with Crippen molar-refractivity contribution >= 4 is 0 Å². The van der Waals surface area contributed by atoms with Gasteiger partial charge in [0.2, 0.25) is 0 Å². The third kappa shape index (κ3) is 3.50. The zero-order chi connectivity index (χ0) is 14.7. The first-order valence-corrected chi connectivity index (χ1v) is 8.95. The Hall–Kier alpha value is -0.830. The first-order chi connectivity index (χ1) is 10.2. The van der Waals surface area contributed by atoms with Crippen LogP contribution in [0.1, 0.15) is 76.4 Å². The molecule has 3 heteroatoms. The van der Waals surface area contributed by atoms with Gasteiger partial charge in [-0.1, -0.05) is 39.0 Å².